The van der Waals surface area contributed by atoms with Gasteiger partial charge in [0, 0.05) is 24.7 Å². The number of ether oxygens (including phenoxy) is 1. The number of nitrogens with zero attached hydrogens (tertiary/aromatic N) is 1. The highest BCUT2D eigenvalue weighted by atomic mass is 35.5. The van der Waals surface area contributed by atoms with Crippen LogP contribution in [-0.2, 0) is 6.42 Å². The van der Waals surface area contributed by atoms with Gasteiger partial charge in [0.2, 0.25) is 0 Å². The number of allylic oxidation sites excluding steroid dienone is 1. The molecule has 5 rings (SSSR count). The zero-order valence-electron chi connectivity index (χ0n) is 20.7. The van der Waals surface area contributed by atoms with Crippen molar-refractivity contribution in [3.05, 3.63) is 99.1 Å². The number of carboxylic acid groups (broad SMARTS) is 1. The molecule has 2 aliphatic rings. The fraction of sp³-hybridized carbons (Fsp3) is 0.300. The topological polar surface area (TPSA) is 49.8 Å². The summed E-state index contributed by atoms with van der Waals surface area (Å²) in [5.41, 5.74) is 2.52. The summed E-state index contributed by atoms with van der Waals surface area (Å²) in [7, 11) is 0. The number of rotatable bonds is 8. The number of alkyl halides is 1. The number of carbonyl (C=O) groups is 1. The van der Waals surface area contributed by atoms with Gasteiger partial charge in [0.25, 0.3) is 0 Å². The molecule has 0 radical (unpaired) electrons. The molecule has 3 aromatic rings. The summed E-state index contributed by atoms with van der Waals surface area (Å²) < 4.78 is 48.8. The van der Waals surface area contributed by atoms with Crippen LogP contribution in [0.2, 0.25) is 5.02 Å². The van der Waals surface area contributed by atoms with Crippen molar-refractivity contribution < 1.29 is 27.8 Å². The lowest BCUT2D eigenvalue weighted by Crippen LogP contribution is -2.53. The van der Waals surface area contributed by atoms with Crippen LogP contribution in [0.3, 0.4) is 0 Å². The van der Waals surface area contributed by atoms with Gasteiger partial charge < -0.3 is 9.84 Å². The third-order valence-electron chi connectivity index (χ3n) is 7.13. The Labute approximate surface area is 224 Å². The lowest BCUT2D eigenvalue weighted by atomic mass is 9.87. The van der Waals surface area contributed by atoms with E-state index in [1.54, 1.807) is 6.07 Å². The molecule has 0 bridgehead atoms. The molecule has 3 aromatic carbocycles. The van der Waals surface area contributed by atoms with Crippen LogP contribution in [0, 0.1) is 11.6 Å². The zero-order valence-corrected chi connectivity index (χ0v) is 21.4. The van der Waals surface area contributed by atoms with Gasteiger partial charge in [-0.15, -0.1) is 0 Å². The van der Waals surface area contributed by atoms with E-state index in [0.29, 0.717) is 47.7 Å². The molecule has 1 saturated heterocycles. The summed E-state index contributed by atoms with van der Waals surface area (Å²) in [6.45, 7) is 1.86. The molecule has 4 nitrogen and oxygen atoms in total. The predicted molar refractivity (Wildman–Crippen MR) is 142 cm³/mol. The number of likely N-dealkylation sites (tertiary alicyclic amines) is 1. The van der Waals surface area contributed by atoms with Gasteiger partial charge in [-0.25, -0.2) is 13.6 Å². The van der Waals surface area contributed by atoms with Crippen molar-refractivity contribution in [1.29, 1.82) is 0 Å². The first-order valence-electron chi connectivity index (χ1n) is 12.7. The fourth-order valence-corrected chi connectivity index (χ4v) is 5.56. The molecule has 1 aliphatic heterocycles. The summed E-state index contributed by atoms with van der Waals surface area (Å²) in [5.74, 6) is -3.12. The van der Waals surface area contributed by atoms with Gasteiger partial charge in [-0.2, -0.15) is 0 Å². The van der Waals surface area contributed by atoms with Crippen molar-refractivity contribution in [2.45, 2.75) is 31.8 Å². The third kappa shape index (κ3) is 5.18. The molecular formula is C30H27ClF3NO3. The Hall–Kier alpha value is -3.29. The molecule has 0 unspecified atom stereocenters. The molecule has 1 fully saturated rings. The molecule has 38 heavy (non-hydrogen) atoms. The van der Waals surface area contributed by atoms with Crippen molar-refractivity contribution >= 4 is 28.7 Å². The van der Waals surface area contributed by atoms with E-state index in [4.69, 9.17) is 16.3 Å². The van der Waals surface area contributed by atoms with Crippen LogP contribution in [0.4, 0.5) is 13.2 Å². The molecular weight excluding hydrogens is 515 g/mol. The highest BCUT2D eigenvalue weighted by Crippen LogP contribution is 2.43. The summed E-state index contributed by atoms with van der Waals surface area (Å²) in [6, 6.07) is 15.8. The van der Waals surface area contributed by atoms with E-state index in [1.807, 2.05) is 42.5 Å². The lowest BCUT2D eigenvalue weighted by Gasteiger charge is -2.38. The van der Waals surface area contributed by atoms with Crippen molar-refractivity contribution in [1.82, 2.24) is 4.90 Å². The Morgan fingerprint density at radius 3 is 2.47 bits per heavy atom. The first kappa shape index (κ1) is 26.3. The SMILES string of the molecule is O=C(O)c1c(F)cc2c(c1F)CCCC(c1ccccc1Cl)=C2c1ccc(OC2CN(CCCF)C2)cc1. The van der Waals surface area contributed by atoms with Gasteiger partial charge in [0.1, 0.15) is 29.1 Å². The predicted octanol–water partition coefficient (Wildman–Crippen LogP) is 7.03. The van der Waals surface area contributed by atoms with Crippen LogP contribution in [0.25, 0.3) is 11.1 Å². The first-order valence-corrected chi connectivity index (χ1v) is 13.0. The van der Waals surface area contributed by atoms with E-state index in [2.05, 4.69) is 4.90 Å². The van der Waals surface area contributed by atoms with Gasteiger partial charge in [-0.05, 0) is 83.3 Å². The van der Waals surface area contributed by atoms with Crippen LogP contribution < -0.4 is 4.74 Å². The average Bonchev–Trinajstić information content (AvgIpc) is 3.05. The molecule has 0 atom stereocenters. The summed E-state index contributed by atoms with van der Waals surface area (Å²) in [4.78, 5) is 13.7. The largest absolute Gasteiger partial charge is 0.488 e. The number of aromatic carboxylic acids is 1. The quantitative estimate of drug-likeness (QED) is 0.332. The second-order valence-electron chi connectivity index (χ2n) is 9.63. The minimum atomic E-state index is -1.63. The van der Waals surface area contributed by atoms with Crippen LogP contribution in [0.5, 0.6) is 5.75 Å². The molecule has 0 saturated carbocycles. The van der Waals surface area contributed by atoms with E-state index in [-0.39, 0.29) is 24.8 Å². The zero-order chi connectivity index (χ0) is 26.8. The van der Waals surface area contributed by atoms with E-state index >= 15 is 4.39 Å². The maximum atomic E-state index is 15.4. The Morgan fingerprint density at radius 1 is 1.05 bits per heavy atom. The van der Waals surface area contributed by atoms with Crippen molar-refractivity contribution in [3.63, 3.8) is 0 Å². The van der Waals surface area contributed by atoms with Gasteiger partial charge in [-0.3, -0.25) is 9.29 Å². The fourth-order valence-electron chi connectivity index (χ4n) is 5.31. The molecule has 1 heterocycles. The highest BCUT2D eigenvalue weighted by Gasteiger charge is 2.30. The van der Waals surface area contributed by atoms with E-state index in [0.717, 1.165) is 35.9 Å². The van der Waals surface area contributed by atoms with Gasteiger partial charge >= 0.3 is 5.97 Å². The molecule has 1 aliphatic carbocycles. The molecule has 1 N–H and O–H groups in total. The van der Waals surface area contributed by atoms with Gasteiger partial charge in [0.15, 0.2) is 0 Å². The number of halogens is 4. The maximum absolute atomic E-state index is 15.4. The average molecular weight is 542 g/mol. The molecule has 198 valence electrons. The molecule has 0 spiro atoms. The Balaban J connectivity index is 1.56. The third-order valence-corrected chi connectivity index (χ3v) is 7.46. The number of carboxylic acids is 1. The Kier molecular flexibility index (Phi) is 7.77. The summed E-state index contributed by atoms with van der Waals surface area (Å²) in [6.07, 6.45) is 1.89. The monoisotopic (exact) mass is 541 g/mol. The van der Waals surface area contributed by atoms with E-state index in [9.17, 15) is 18.7 Å². The Morgan fingerprint density at radius 2 is 1.79 bits per heavy atom. The molecule has 0 amide bonds. The van der Waals surface area contributed by atoms with Crippen molar-refractivity contribution in [3.8, 4) is 5.75 Å². The number of benzene rings is 3. The molecule has 8 heteroatoms. The number of fused-ring (bicyclic) bond motifs is 1. The minimum absolute atomic E-state index is 0.0228. The minimum Gasteiger partial charge on any atom is -0.488 e. The normalized spacial score (nSPS) is 16.1. The van der Waals surface area contributed by atoms with Crippen LogP contribution in [0.15, 0.2) is 54.6 Å². The van der Waals surface area contributed by atoms with Gasteiger partial charge in [-0.1, -0.05) is 41.9 Å². The standard InChI is InChI=1S/C30H27ClF3NO3/c31-25-8-2-1-5-21(25)22-6-3-7-23-24(15-26(33)28(29(23)34)30(36)37)27(22)18-9-11-19(12-10-18)38-20-16-35(17-20)14-4-13-32/h1-2,5,8-12,15,20H,3-4,6-7,13-14,16-17H2,(H,36,37). The second kappa shape index (κ2) is 11.2. The number of hydrogen-bond donors (Lipinski definition) is 1. The second-order valence-corrected chi connectivity index (χ2v) is 10.0. The summed E-state index contributed by atoms with van der Waals surface area (Å²) >= 11 is 6.56. The van der Waals surface area contributed by atoms with Crippen molar-refractivity contribution in [2.75, 3.05) is 26.3 Å². The maximum Gasteiger partial charge on any atom is 0.341 e. The van der Waals surface area contributed by atoms with Crippen molar-refractivity contribution in [2.24, 2.45) is 0 Å². The molecule has 0 aromatic heterocycles. The van der Waals surface area contributed by atoms with Crippen LogP contribution in [0.1, 0.15) is 51.9 Å². The Bertz CT molecular complexity index is 1380. The number of hydrogen-bond acceptors (Lipinski definition) is 3. The smallest absolute Gasteiger partial charge is 0.341 e. The van der Waals surface area contributed by atoms with E-state index < -0.39 is 23.2 Å². The summed E-state index contributed by atoms with van der Waals surface area (Å²) in [5, 5.41) is 9.93. The lowest BCUT2D eigenvalue weighted by molar-refractivity contribution is 0.0184. The van der Waals surface area contributed by atoms with E-state index in [1.165, 1.54) is 0 Å². The highest BCUT2D eigenvalue weighted by molar-refractivity contribution is 6.32. The first-order chi connectivity index (χ1) is 18.4. The van der Waals surface area contributed by atoms with Gasteiger partial charge in [0.05, 0.1) is 6.67 Å². The van der Waals surface area contributed by atoms with Crippen LogP contribution >= 0.6 is 11.6 Å². The van der Waals surface area contributed by atoms with Crippen LogP contribution in [-0.4, -0.2) is 48.4 Å².